The van der Waals surface area contributed by atoms with Gasteiger partial charge in [0.05, 0.1) is 25.5 Å². The van der Waals surface area contributed by atoms with Gasteiger partial charge in [0.25, 0.3) is 6.01 Å². The molecule has 2 N–H and O–H groups in total. The Morgan fingerprint density at radius 3 is 2.74 bits per heavy atom. The highest BCUT2D eigenvalue weighted by atomic mass is 16.5. The molecule has 140 valence electrons. The minimum Gasteiger partial charge on any atom is -0.424 e. The normalized spacial score (nSPS) is 18.8. The van der Waals surface area contributed by atoms with Crippen molar-refractivity contribution in [1.82, 2.24) is 15.0 Å². The molecule has 4 heterocycles. The van der Waals surface area contributed by atoms with Gasteiger partial charge in [0.2, 0.25) is 0 Å². The van der Waals surface area contributed by atoms with Gasteiger partial charge in [-0.25, -0.2) is 9.97 Å². The lowest BCUT2D eigenvalue weighted by Crippen LogP contribution is -2.37. The van der Waals surface area contributed by atoms with Crippen molar-refractivity contribution < 1.29 is 13.9 Å². The molecule has 1 fully saturated rings. The van der Waals surface area contributed by atoms with E-state index >= 15 is 0 Å². The predicted molar refractivity (Wildman–Crippen MR) is 100 cm³/mol. The number of nitrogens with zero attached hydrogens (tertiary/aromatic N) is 4. The van der Waals surface area contributed by atoms with Crippen molar-refractivity contribution in [1.29, 1.82) is 0 Å². The van der Waals surface area contributed by atoms with Crippen molar-refractivity contribution >= 4 is 22.9 Å². The second-order valence-corrected chi connectivity index (χ2v) is 7.33. The minimum absolute atomic E-state index is 0.153. The number of morpholine rings is 1. The second kappa shape index (κ2) is 5.90. The lowest BCUT2D eigenvalue weighted by Gasteiger charge is -2.29. The van der Waals surface area contributed by atoms with E-state index in [9.17, 15) is 0 Å². The third-order valence-electron chi connectivity index (χ3n) is 5.11. The first kappa shape index (κ1) is 16.5. The standard InChI is InChI=1S/C19H21N5O3/c1-19(2)15-12(10-26-19)17(24-5-7-25-8-6-24)23-16(22-15)11-3-4-14-13(9-11)21-18(20)27-14/h3-4,9H,5-8,10H2,1-2H3,(H2,20,21). The van der Waals surface area contributed by atoms with Gasteiger partial charge in [-0.05, 0) is 32.0 Å². The molecule has 5 rings (SSSR count). The quantitative estimate of drug-likeness (QED) is 0.737. The lowest BCUT2D eigenvalue weighted by atomic mass is 10.0. The number of nitrogens with two attached hydrogens (primary N) is 1. The van der Waals surface area contributed by atoms with Crippen molar-refractivity contribution in [2.75, 3.05) is 36.9 Å². The summed E-state index contributed by atoms with van der Waals surface area (Å²) in [7, 11) is 0. The molecule has 2 aromatic heterocycles. The van der Waals surface area contributed by atoms with Gasteiger partial charge in [-0.1, -0.05) is 0 Å². The Bertz CT molecular complexity index is 1020. The minimum atomic E-state index is -0.448. The third kappa shape index (κ3) is 2.72. The van der Waals surface area contributed by atoms with Crippen molar-refractivity contribution in [2.45, 2.75) is 26.1 Å². The van der Waals surface area contributed by atoms with Crippen LogP contribution in [0.15, 0.2) is 22.6 Å². The van der Waals surface area contributed by atoms with Crippen LogP contribution in [0.4, 0.5) is 11.8 Å². The lowest BCUT2D eigenvalue weighted by molar-refractivity contribution is -0.0100. The molecule has 0 unspecified atom stereocenters. The van der Waals surface area contributed by atoms with E-state index in [2.05, 4.69) is 9.88 Å². The highest BCUT2D eigenvalue weighted by molar-refractivity contribution is 5.80. The highest BCUT2D eigenvalue weighted by Crippen LogP contribution is 2.40. The van der Waals surface area contributed by atoms with Gasteiger partial charge >= 0.3 is 0 Å². The summed E-state index contributed by atoms with van der Waals surface area (Å²) < 4.78 is 16.9. The summed E-state index contributed by atoms with van der Waals surface area (Å²) in [6.07, 6.45) is 0. The summed E-state index contributed by atoms with van der Waals surface area (Å²) in [6, 6.07) is 5.84. The van der Waals surface area contributed by atoms with Crippen LogP contribution in [0, 0.1) is 0 Å². The SMILES string of the molecule is CC1(C)OCc2c(N3CCOCC3)nc(-c3ccc4oc(N)nc4c3)nc21. The van der Waals surface area contributed by atoms with E-state index in [1.54, 1.807) is 0 Å². The number of aromatic nitrogens is 3. The van der Waals surface area contributed by atoms with Crippen LogP contribution in [0.25, 0.3) is 22.5 Å². The molecule has 1 aromatic carbocycles. The zero-order valence-corrected chi connectivity index (χ0v) is 15.4. The summed E-state index contributed by atoms with van der Waals surface area (Å²) >= 11 is 0. The molecular weight excluding hydrogens is 346 g/mol. The number of benzene rings is 1. The molecule has 0 bridgehead atoms. The summed E-state index contributed by atoms with van der Waals surface area (Å²) in [5, 5.41) is 0. The molecule has 27 heavy (non-hydrogen) atoms. The maximum atomic E-state index is 6.00. The largest absolute Gasteiger partial charge is 0.424 e. The maximum Gasteiger partial charge on any atom is 0.292 e. The Balaban J connectivity index is 1.67. The molecule has 8 heteroatoms. The topological polar surface area (TPSA) is 99.5 Å². The average molecular weight is 367 g/mol. The molecule has 0 radical (unpaired) electrons. The Morgan fingerprint density at radius 2 is 1.93 bits per heavy atom. The van der Waals surface area contributed by atoms with E-state index in [4.69, 9.17) is 29.6 Å². The summed E-state index contributed by atoms with van der Waals surface area (Å²) in [4.78, 5) is 16.2. The number of oxazole rings is 1. The van der Waals surface area contributed by atoms with E-state index in [-0.39, 0.29) is 6.01 Å². The molecule has 2 aliphatic heterocycles. The van der Waals surface area contributed by atoms with Crippen LogP contribution in [0.3, 0.4) is 0 Å². The second-order valence-electron chi connectivity index (χ2n) is 7.33. The van der Waals surface area contributed by atoms with Gasteiger partial charge in [-0.3, -0.25) is 0 Å². The van der Waals surface area contributed by atoms with E-state index < -0.39 is 5.60 Å². The third-order valence-corrected chi connectivity index (χ3v) is 5.11. The molecule has 8 nitrogen and oxygen atoms in total. The summed E-state index contributed by atoms with van der Waals surface area (Å²) in [5.74, 6) is 1.58. The summed E-state index contributed by atoms with van der Waals surface area (Å²) in [6.45, 7) is 7.62. The fourth-order valence-electron chi connectivity index (χ4n) is 3.67. The Kier molecular flexibility index (Phi) is 3.60. The van der Waals surface area contributed by atoms with Gasteiger partial charge in [0.15, 0.2) is 11.4 Å². The molecule has 0 amide bonds. The van der Waals surface area contributed by atoms with Crippen LogP contribution in [0.1, 0.15) is 25.1 Å². The van der Waals surface area contributed by atoms with Crippen LogP contribution in [0.2, 0.25) is 0 Å². The van der Waals surface area contributed by atoms with Crippen LogP contribution in [-0.4, -0.2) is 41.3 Å². The smallest absolute Gasteiger partial charge is 0.292 e. The van der Waals surface area contributed by atoms with Gasteiger partial charge < -0.3 is 24.5 Å². The molecule has 1 saturated heterocycles. The molecule has 0 aliphatic carbocycles. The van der Waals surface area contributed by atoms with Crippen LogP contribution in [0.5, 0.6) is 0 Å². The van der Waals surface area contributed by atoms with Crippen molar-refractivity contribution in [3.63, 3.8) is 0 Å². The van der Waals surface area contributed by atoms with Crippen LogP contribution >= 0.6 is 0 Å². The highest BCUT2D eigenvalue weighted by Gasteiger charge is 2.37. The van der Waals surface area contributed by atoms with E-state index in [0.29, 0.717) is 36.7 Å². The molecule has 3 aromatic rings. The number of rotatable bonds is 2. The molecule has 2 aliphatic rings. The first-order valence-electron chi connectivity index (χ1n) is 9.06. The van der Waals surface area contributed by atoms with E-state index in [1.165, 1.54) is 0 Å². The fraction of sp³-hybridized carbons (Fsp3) is 0.421. The Morgan fingerprint density at radius 1 is 1.11 bits per heavy atom. The number of fused-ring (bicyclic) bond motifs is 2. The molecule has 0 spiro atoms. The maximum absolute atomic E-state index is 6.00. The van der Waals surface area contributed by atoms with Crippen LogP contribution in [-0.2, 0) is 21.7 Å². The Hall–Kier alpha value is -2.71. The number of anilines is 2. The zero-order valence-electron chi connectivity index (χ0n) is 15.4. The van der Waals surface area contributed by atoms with Gasteiger partial charge in [0.1, 0.15) is 16.9 Å². The van der Waals surface area contributed by atoms with E-state index in [1.807, 2.05) is 32.0 Å². The van der Waals surface area contributed by atoms with Crippen molar-refractivity contribution in [2.24, 2.45) is 0 Å². The fourth-order valence-corrected chi connectivity index (χ4v) is 3.67. The van der Waals surface area contributed by atoms with Crippen molar-refractivity contribution in [3.8, 4) is 11.4 Å². The first-order valence-corrected chi connectivity index (χ1v) is 9.06. The molecule has 0 saturated carbocycles. The number of ether oxygens (including phenoxy) is 2. The zero-order chi connectivity index (χ0) is 18.6. The average Bonchev–Trinajstić information content (AvgIpc) is 3.19. The van der Waals surface area contributed by atoms with Crippen molar-refractivity contribution in [3.05, 3.63) is 29.5 Å². The van der Waals surface area contributed by atoms with Gasteiger partial charge in [0, 0.05) is 24.2 Å². The number of hydrogen-bond acceptors (Lipinski definition) is 8. The van der Waals surface area contributed by atoms with Crippen LogP contribution < -0.4 is 10.6 Å². The molecular formula is C19H21N5O3. The number of hydrogen-bond donors (Lipinski definition) is 1. The Labute approximate surface area is 156 Å². The monoisotopic (exact) mass is 367 g/mol. The van der Waals surface area contributed by atoms with E-state index in [0.717, 1.165) is 35.7 Å². The number of nitrogen functional groups attached to an aromatic ring is 1. The van der Waals surface area contributed by atoms with Gasteiger partial charge in [-0.2, -0.15) is 4.98 Å². The molecule has 0 atom stereocenters. The summed E-state index contributed by atoms with van der Waals surface area (Å²) in [5.41, 5.74) is 9.43. The van der Waals surface area contributed by atoms with Gasteiger partial charge in [-0.15, -0.1) is 0 Å². The predicted octanol–water partition coefficient (Wildman–Crippen LogP) is 2.47. The first-order chi connectivity index (χ1) is 13.0.